The van der Waals surface area contributed by atoms with Crippen LogP contribution in [0.2, 0.25) is 0 Å². The number of pyridine rings is 1. The van der Waals surface area contributed by atoms with E-state index in [0.29, 0.717) is 12.4 Å². The SMILES string of the molecule is Nc1cc([N+](=O)[O-])cc(NCCc2cscn2)n1. The number of hydrogen-bond donors (Lipinski definition) is 2. The van der Waals surface area contributed by atoms with Gasteiger partial charge < -0.3 is 11.1 Å². The Morgan fingerprint density at radius 2 is 2.33 bits per heavy atom. The molecule has 8 heteroatoms. The third kappa shape index (κ3) is 3.14. The Morgan fingerprint density at radius 1 is 1.50 bits per heavy atom. The molecule has 0 saturated heterocycles. The predicted octanol–water partition coefficient (Wildman–Crippen LogP) is 1.68. The fraction of sp³-hybridized carbons (Fsp3) is 0.200. The van der Waals surface area contributed by atoms with E-state index in [-0.39, 0.29) is 11.5 Å². The third-order valence-corrected chi connectivity index (χ3v) is 2.85. The normalized spacial score (nSPS) is 10.2. The Bertz CT molecular complexity index is 543. The summed E-state index contributed by atoms with van der Waals surface area (Å²) in [6.45, 7) is 0.595. The minimum atomic E-state index is -0.496. The Labute approximate surface area is 107 Å². The van der Waals surface area contributed by atoms with Crippen molar-refractivity contribution in [1.29, 1.82) is 0 Å². The first-order valence-electron chi connectivity index (χ1n) is 5.18. The van der Waals surface area contributed by atoms with Crippen LogP contribution >= 0.6 is 11.3 Å². The lowest BCUT2D eigenvalue weighted by atomic mass is 10.3. The molecular weight excluding hydrogens is 254 g/mol. The zero-order chi connectivity index (χ0) is 13.0. The maximum absolute atomic E-state index is 10.7. The van der Waals surface area contributed by atoms with E-state index in [1.165, 1.54) is 23.5 Å². The molecule has 2 rings (SSSR count). The minimum Gasteiger partial charge on any atom is -0.383 e. The highest BCUT2D eigenvalue weighted by atomic mass is 32.1. The summed E-state index contributed by atoms with van der Waals surface area (Å²) < 4.78 is 0. The number of nitro groups is 1. The molecular formula is C10H11N5O2S. The molecule has 0 radical (unpaired) electrons. The standard InChI is InChI=1S/C10H11N5O2S/c11-9-3-8(15(16)17)4-10(14-9)12-2-1-7-5-18-6-13-7/h3-6H,1-2H2,(H3,11,12,14). The van der Waals surface area contributed by atoms with Crippen LogP contribution in [0.15, 0.2) is 23.0 Å². The molecule has 0 aliphatic heterocycles. The van der Waals surface area contributed by atoms with Gasteiger partial charge in [-0.15, -0.1) is 11.3 Å². The number of nitrogens with one attached hydrogen (secondary N) is 1. The van der Waals surface area contributed by atoms with Gasteiger partial charge in [0.05, 0.1) is 28.3 Å². The van der Waals surface area contributed by atoms with Gasteiger partial charge in [-0.1, -0.05) is 0 Å². The average Bonchev–Trinajstić information content (AvgIpc) is 2.81. The van der Waals surface area contributed by atoms with Gasteiger partial charge in [0, 0.05) is 18.3 Å². The summed E-state index contributed by atoms with van der Waals surface area (Å²) in [5, 5.41) is 15.6. The van der Waals surface area contributed by atoms with E-state index in [2.05, 4.69) is 15.3 Å². The number of thiazole rings is 1. The largest absolute Gasteiger partial charge is 0.383 e. The van der Waals surface area contributed by atoms with Crippen LogP contribution in [0.1, 0.15) is 5.69 Å². The third-order valence-electron chi connectivity index (χ3n) is 2.21. The summed E-state index contributed by atoms with van der Waals surface area (Å²) >= 11 is 1.53. The van der Waals surface area contributed by atoms with Crippen molar-refractivity contribution >= 4 is 28.7 Å². The molecule has 0 spiro atoms. The number of anilines is 2. The van der Waals surface area contributed by atoms with Gasteiger partial charge in [0.1, 0.15) is 11.6 Å². The maximum Gasteiger partial charge on any atom is 0.276 e. The molecule has 0 atom stereocenters. The van der Waals surface area contributed by atoms with Crippen LogP contribution in [0, 0.1) is 10.1 Å². The first-order valence-corrected chi connectivity index (χ1v) is 6.12. The minimum absolute atomic E-state index is 0.0707. The molecule has 0 aliphatic carbocycles. The second-order valence-corrected chi connectivity index (χ2v) is 4.27. The molecule has 2 aromatic rings. The summed E-state index contributed by atoms with van der Waals surface area (Å²) in [5.41, 5.74) is 8.17. The summed E-state index contributed by atoms with van der Waals surface area (Å²) in [7, 11) is 0. The monoisotopic (exact) mass is 265 g/mol. The second kappa shape index (κ2) is 5.41. The molecule has 0 aromatic carbocycles. The van der Waals surface area contributed by atoms with E-state index in [9.17, 15) is 10.1 Å². The molecule has 18 heavy (non-hydrogen) atoms. The van der Waals surface area contributed by atoms with Gasteiger partial charge in [-0.3, -0.25) is 10.1 Å². The van der Waals surface area contributed by atoms with Gasteiger partial charge in [0.2, 0.25) is 0 Å². The summed E-state index contributed by atoms with van der Waals surface area (Å²) in [4.78, 5) is 18.3. The van der Waals surface area contributed by atoms with Crippen molar-refractivity contribution in [3.8, 4) is 0 Å². The zero-order valence-corrected chi connectivity index (χ0v) is 10.2. The number of nitrogens with zero attached hydrogens (tertiary/aromatic N) is 3. The van der Waals surface area contributed by atoms with Crippen molar-refractivity contribution in [2.24, 2.45) is 0 Å². The number of hydrogen-bond acceptors (Lipinski definition) is 7. The quantitative estimate of drug-likeness (QED) is 0.629. The molecule has 94 valence electrons. The van der Waals surface area contributed by atoms with E-state index < -0.39 is 4.92 Å². The fourth-order valence-corrected chi connectivity index (χ4v) is 2.01. The van der Waals surface area contributed by atoms with Gasteiger partial charge in [-0.05, 0) is 0 Å². The van der Waals surface area contributed by atoms with Crippen LogP contribution in [0.3, 0.4) is 0 Å². The van der Waals surface area contributed by atoms with Crippen LogP contribution in [-0.4, -0.2) is 21.4 Å². The number of rotatable bonds is 5. The zero-order valence-electron chi connectivity index (χ0n) is 9.37. The van der Waals surface area contributed by atoms with Crippen LogP contribution in [-0.2, 0) is 6.42 Å². The van der Waals surface area contributed by atoms with E-state index in [1.807, 2.05) is 5.38 Å². The highest BCUT2D eigenvalue weighted by Crippen LogP contribution is 2.18. The van der Waals surface area contributed by atoms with Crippen molar-refractivity contribution < 1.29 is 4.92 Å². The lowest BCUT2D eigenvalue weighted by Gasteiger charge is -2.05. The number of aromatic nitrogens is 2. The van der Waals surface area contributed by atoms with Crippen LogP contribution in [0.4, 0.5) is 17.3 Å². The lowest BCUT2D eigenvalue weighted by Crippen LogP contribution is -2.08. The van der Waals surface area contributed by atoms with E-state index in [0.717, 1.165) is 12.1 Å². The van der Waals surface area contributed by atoms with Crippen LogP contribution < -0.4 is 11.1 Å². The number of nitrogen functional groups attached to an aromatic ring is 1. The molecule has 0 unspecified atom stereocenters. The molecule has 0 amide bonds. The van der Waals surface area contributed by atoms with E-state index >= 15 is 0 Å². The van der Waals surface area contributed by atoms with E-state index in [1.54, 1.807) is 5.51 Å². The van der Waals surface area contributed by atoms with Gasteiger partial charge in [0.15, 0.2) is 0 Å². The predicted molar refractivity (Wildman–Crippen MR) is 69.6 cm³/mol. The first-order chi connectivity index (χ1) is 8.65. The van der Waals surface area contributed by atoms with Gasteiger partial charge in [0.25, 0.3) is 5.69 Å². The van der Waals surface area contributed by atoms with Gasteiger partial charge in [-0.25, -0.2) is 9.97 Å². The van der Waals surface area contributed by atoms with Crippen molar-refractivity contribution in [1.82, 2.24) is 9.97 Å². The van der Waals surface area contributed by atoms with E-state index in [4.69, 9.17) is 5.73 Å². The second-order valence-electron chi connectivity index (χ2n) is 3.55. The molecule has 3 N–H and O–H groups in total. The molecule has 2 heterocycles. The summed E-state index contributed by atoms with van der Waals surface area (Å²) in [5.74, 6) is 0.525. The smallest absolute Gasteiger partial charge is 0.276 e. The van der Waals surface area contributed by atoms with Crippen LogP contribution in [0.5, 0.6) is 0 Å². The van der Waals surface area contributed by atoms with Crippen molar-refractivity contribution in [2.45, 2.75) is 6.42 Å². The van der Waals surface area contributed by atoms with Crippen LogP contribution in [0.25, 0.3) is 0 Å². The highest BCUT2D eigenvalue weighted by Gasteiger charge is 2.09. The highest BCUT2D eigenvalue weighted by molar-refractivity contribution is 7.07. The topological polar surface area (TPSA) is 107 Å². The van der Waals surface area contributed by atoms with Crippen molar-refractivity contribution in [3.63, 3.8) is 0 Å². The summed E-state index contributed by atoms with van der Waals surface area (Å²) in [6, 6.07) is 2.59. The lowest BCUT2D eigenvalue weighted by molar-refractivity contribution is -0.384. The summed E-state index contributed by atoms with van der Waals surface area (Å²) in [6.07, 6.45) is 0.730. The van der Waals surface area contributed by atoms with Crippen molar-refractivity contribution in [2.75, 3.05) is 17.6 Å². The van der Waals surface area contributed by atoms with Gasteiger partial charge in [-0.2, -0.15) is 0 Å². The molecule has 7 nitrogen and oxygen atoms in total. The Balaban J connectivity index is 1.98. The molecule has 2 aromatic heterocycles. The average molecular weight is 265 g/mol. The molecule has 0 saturated carbocycles. The maximum atomic E-state index is 10.7. The Kier molecular flexibility index (Phi) is 3.68. The van der Waals surface area contributed by atoms with Crippen molar-refractivity contribution in [3.05, 3.63) is 38.8 Å². The first kappa shape index (κ1) is 12.2. The molecule has 0 aliphatic rings. The number of nitrogens with two attached hydrogens (primary N) is 1. The molecule has 0 bridgehead atoms. The fourth-order valence-electron chi connectivity index (χ4n) is 1.41. The molecule has 0 fully saturated rings. The Morgan fingerprint density at radius 3 is 3.00 bits per heavy atom. The van der Waals surface area contributed by atoms with Gasteiger partial charge >= 0.3 is 0 Å². The Hall–Kier alpha value is -2.22.